The fourth-order valence-electron chi connectivity index (χ4n) is 1.59. The number of carbonyl (C=O) groups is 2. The Labute approximate surface area is 122 Å². The van der Waals surface area contributed by atoms with Crippen molar-refractivity contribution < 1.29 is 23.1 Å². The van der Waals surface area contributed by atoms with Crippen LogP contribution in [0.4, 0.5) is 0 Å². The van der Waals surface area contributed by atoms with Crippen molar-refractivity contribution in [3.8, 4) is 0 Å². The number of carboxylic acid groups (broad SMARTS) is 1. The smallest absolute Gasteiger partial charge is 0.326 e. The number of carboxylic acids is 1. The molecule has 0 saturated heterocycles. The average Bonchev–Trinajstić information content (AvgIpc) is 2.81. The zero-order valence-electron chi connectivity index (χ0n) is 11.7. The van der Waals surface area contributed by atoms with Gasteiger partial charge < -0.3 is 10.4 Å². The van der Waals surface area contributed by atoms with Gasteiger partial charge in [0.25, 0.3) is 0 Å². The van der Waals surface area contributed by atoms with Gasteiger partial charge in [0.1, 0.15) is 10.9 Å². The van der Waals surface area contributed by atoms with Crippen LogP contribution < -0.4 is 10.5 Å². The summed E-state index contributed by atoms with van der Waals surface area (Å²) in [6, 6.07) is -0.963. The second-order valence-electron chi connectivity index (χ2n) is 4.86. The first-order valence-corrected chi connectivity index (χ1v) is 7.73. The van der Waals surface area contributed by atoms with E-state index in [4.69, 9.17) is 10.2 Å². The minimum absolute atomic E-state index is 0.0256. The predicted molar refractivity (Wildman–Crippen MR) is 72.6 cm³/mol. The molecule has 1 aromatic rings. The quantitative estimate of drug-likeness (QED) is 0.597. The molecule has 1 atom stereocenters. The first kappa shape index (κ1) is 17.1. The molecule has 0 saturated carbocycles. The molecular formula is C11H18N4O5S. The van der Waals surface area contributed by atoms with Crippen LogP contribution in [-0.2, 0) is 26.2 Å². The summed E-state index contributed by atoms with van der Waals surface area (Å²) in [7, 11) is -3.82. The molecule has 0 unspecified atom stereocenters. The molecule has 1 heterocycles. The van der Waals surface area contributed by atoms with E-state index in [1.54, 1.807) is 13.8 Å². The number of primary sulfonamides is 1. The number of hydrogen-bond acceptors (Lipinski definition) is 5. The summed E-state index contributed by atoms with van der Waals surface area (Å²) in [5.74, 6) is -1.80. The van der Waals surface area contributed by atoms with Gasteiger partial charge in [-0.15, -0.1) is 0 Å². The van der Waals surface area contributed by atoms with Crippen molar-refractivity contribution in [2.75, 3.05) is 0 Å². The molecule has 0 aliphatic heterocycles. The summed E-state index contributed by atoms with van der Waals surface area (Å²) >= 11 is 0. The number of nitrogens with zero attached hydrogens (tertiary/aromatic N) is 2. The molecule has 10 heteroatoms. The maximum Gasteiger partial charge on any atom is 0.326 e. The molecular weight excluding hydrogens is 300 g/mol. The van der Waals surface area contributed by atoms with E-state index in [9.17, 15) is 18.0 Å². The highest BCUT2D eigenvalue weighted by Crippen LogP contribution is 2.05. The molecule has 0 fully saturated rings. The maximum atomic E-state index is 11.7. The zero-order chi connectivity index (χ0) is 16.2. The summed E-state index contributed by atoms with van der Waals surface area (Å²) in [6.07, 6.45) is 2.27. The third-order valence-electron chi connectivity index (χ3n) is 2.76. The fourth-order valence-corrected chi connectivity index (χ4v) is 2.05. The Morgan fingerprint density at radius 3 is 2.52 bits per heavy atom. The highest BCUT2D eigenvalue weighted by atomic mass is 32.2. The van der Waals surface area contributed by atoms with Gasteiger partial charge in [-0.25, -0.2) is 18.4 Å². The molecule has 0 aromatic carbocycles. The van der Waals surface area contributed by atoms with Gasteiger partial charge in [0.05, 0.1) is 6.20 Å². The fraction of sp³-hybridized carbons (Fsp3) is 0.545. The lowest BCUT2D eigenvalue weighted by Crippen LogP contribution is -2.44. The Morgan fingerprint density at radius 1 is 1.48 bits per heavy atom. The molecule has 0 aliphatic carbocycles. The lowest BCUT2D eigenvalue weighted by molar-refractivity contribution is -0.143. The van der Waals surface area contributed by atoms with Crippen LogP contribution in [0.25, 0.3) is 0 Å². The van der Waals surface area contributed by atoms with Crippen LogP contribution in [0.1, 0.15) is 20.3 Å². The number of amides is 1. The van der Waals surface area contributed by atoms with Crippen molar-refractivity contribution in [1.82, 2.24) is 15.1 Å². The van der Waals surface area contributed by atoms with E-state index in [0.717, 1.165) is 6.20 Å². The van der Waals surface area contributed by atoms with Crippen LogP contribution in [0.15, 0.2) is 17.3 Å². The lowest BCUT2D eigenvalue weighted by atomic mass is 10.0. The van der Waals surface area contributed by atoms with Crippen LogP contribution in [-0.4, -0.2) is 41.2 Å². The summed E-state index contributed by atoms with van der Waals surface area (Å²) in [5, 5.41) is 20.1. The van der Waals surface area contributed by atoms with E-state index in [0.29, 0.717) is 0 Å². The number of hydrogen-bond donors (Lipinski definition) is 3. The highest BCUT2D eigenvalue weighted by Gasteiger charge is 2.23. The van der Waals surface area contributed by atoms with Gasteiger partial charge in [-0.3, -0.25) is 9.48 Å². The molecule has 0 bridgehead atoms. The van der Waals surface area contributed by atoms with Gasteiger partial charge in [0.2, 0.25) is 15.9 Å². The topological polar surface area (TPSA) is 144 Å². The van der Waals surface area contributed by atoms with Gasteiger partial charge in [0, 0.05) is 19.2 Å². The first-order valence-electron chi connectivity index (χ1n) is 6.18. The molecule has 1 aromatic heterocycles. The van der Waals surface area contributed by atoms with Gasteiger partial charge in [-0.2, -0.15) is 5.10 Å². The van der Waals surface area contributed by atoms with E-state index in [1.807, 2.05) is 0 Å². The molecule has 4 N–H and O–H groups in total. The number of rotatable bonds is 7. The van der Waals surface area contributed by atoms with E-state index in [1.165, 1.54) is 10.9 Å². The largest absolute Gasteiger partial charge is 0.480 e. The Kier molecular flexibility index (Phi) is 5.44. The highest BCUT2D eigenvalue weighted by molar-refractivity contribution is 7.89. The molecule has 0 spiro atoms. The maximum absolute atomic E-state index is 11.7. The molecule has 1 amide bonds. The van der Waals surface area contributed by atoms with Crippen molar-refractivity contribution in [3.63, 3.8) is 0 Å². The summed E-state index contributed by atoms with van der Waals surface area (Å²) in [4.78, 5) is 22.5. The second-order valence-corrected chi connectivity index (χ2v) is 6.42. The lowest BCUT2D eigenvalue weighted by Gasteiger charge is -2.17. The minimum atomic E-state index is -3.82. The Hall–Kier alpha value is -1.94. The Morgan fingerprint density at radius 2 is 2.10 bits per heavy atom. The predicted octanol–water partition coefficient (Wildman–Crippen LogP) is -0.854. The molecule has 0 radical (unpaired) electrons. The van der Waals surface area contributed by atoms with Gasteiger partial charge in [-0.1, -0.05) is 13.8 Å². The molecule has 9 nitrogen and oxygen atoms in total. The number of aromatic nitrogens is 2. The first-order chi connectivity index (χ1) is 9.61. The van der Waals surface area contributed by atoms with Crippen LogP contribution in [0.5, 0.6) is 0 Å². The van der Waals surface area contributed by atoms with Crippen molar-refractivity contribution in [2.24, 2.45) is 11.1 Å². The van der Waals surface area contributed by atoms with Crippen LogP contribution in [0.3, 0.4) is 0 Å². The van der Waals surface area contributed by atoms with Crippen LogP contribution in [0.2, 0.25) is 0 Å². The standard InChI is InChI=1S/C11H18N4O5S/c1-7(2)10(11(17)18)14-9(16)3-4-15-6-8(5-13-15)21(12,19)20/h5-7,10H,3-4H2,1-2H3,(H,14,16)(H,17,18)(H2,12,19,20)/t10-/m1/s1. The number of aliphatic carboxylic acids is 1. The zero-order valence-corrected chi connectivity index (χ0v) is 12.5. The Bertz CT molecular complexity index is 622. The van der Waals surface area contributed by atoms with E-state index in [2.05, 4.69) is 10.4 Å². The van der Waals surface area contributed by atoms with Crippen molar-refractivity contribution in [2.45, 2.75) is 37.8 Å². The average molecular weight is 318 g/mol. The molecule has 1 rings (SSSR count). The monoisotopic (exact) mass is 318 g/mol. The number of nitrogens with one attached hydrogen (secondary N) is 1. The van der Waals surface area contributed by atoms with E-state index >= 15 is 0 Å². The number of aryl methyl sites for hydroxylation is 1. The summed E-state index contributed by atoms with van der Waals surface area (Å²) in [5.41, 5.74) is 0. The number of carbonyl (C=O) groups excluding carboxylic acids is 1. The summed E-state index contributed by atoms with van der Waals surface area (Å²) in [6.45, 7) is 3.49. The van der Waals surface area contributed by atoms with E-state index in [-0.39, 0.29) is 23.8 Å². The number of nitrogens with two attached hydrogens (primary N) is 1. The molecule has 118 valence electrons. The van der Waals surface area contributed by atoms with Crippen molar-refractivity contribution >= 4 is 21.9 Å². The second kappa shape index (κ2) is 6.68. The van der Waals surface area contributed by atoms with Crippen LogP contribution in [0, 0.1) is 5.92 Å². The third kappa shape index (κ3) is 5.16. The van der Waals surface area contributed by atoms with Crippen molar-refractivity contribution in [3.05, 3.63) is 12.4 Å². The van der Waals surface area contributed by atoms with Gasteiger partial charge in [0.15, 0.2) is 0 Å². The summed E-state index contributed by atoms with van der Waals surface area (Å²) < 4.78 is 23.4. The van der Waals surface area contributed by atoms with Crippen molar-refractivity contribution in [1.29, 1.82) is 0 Å². The van der Waals surface area contributed by atoms with Gasteiger partial charge in [-0.05, 0) is 5.92 Å². The van der Waals surface area contributed by atoms with Crippen LogP contribution >= 0.6 is 0 Å². The molecule has 0 aliphatic rings. The van der Waals surface area contributed by atoms with Gasteiger partial charge >= 0.3 is 5.97 Å². The minimum Gasteiger partial charge on any atom is -0.480 e. The normalized spacial score (nSPS) is 13.1. The Balaban J connectivity index is 2.57. The SMILES string of the molecule is CC(C)[C@@H](NC(=O)CCn1cc(S(N)(=O)=O)cn1)C(=O)O. The molecule has 21 heavy (non-hydrogen) atoms. The third-order valence-corrected chi connectivity index (χ3v) is 3.62. The number of sulfonamides is 1. The van der Waals surface area contributed by atoms with E-state index < -0.39 is 27.9 Å².